The highest BCUT2D eigenvalue weighted by Gasteiger charge is 2.30. The van der Waals surface area contributed by atoms with Crippen LogP contribution in [0.5, 0.6) is 0 Å². The van der Waals surface area contributed by atoms with E-state index in [0.29, 0.717) is 17.9 Å². The maximum absolute atomic E-state index is 9.69. The number of nitrogens with zero attached hydrogens (tertiary/aromatic N) is 1. The summed E-state index contributed by atoms with van der Waals surface area (Å²) in [5.41, 5.74) is 0. The molecule has 0 amide bonds. The molecule has 0 spiro atoms. The van der Waals surface area contributed by atoms with Gasteiger partial charge in [-0.3, -0.25) is 4.90 Å². The molecule has 1 aliphatic rings. The Morgan fingerprint density at radius 1 is 1.33 bits per heavy atom. The molecule has 0 saturated carbocycles. The first-order valence-corrected chi connectivity index (χ1v) is 4.92. The number of likely N-dealkylation sites (tertiary alicyclic amines) is 1. The molecule has 2 heteroatoms. The molecule has 0 bridgehead atoms. The summed E-state index contributed by atoms with van der Waals surface area (Å²) >= 11 is 0. The lowest BCUT2D eigenvalue weighted by Crippen LogP contribution is -2.46. The van der Waals surface area contributed by atoms with Gasteiger partial charge in [0, 0.05) is 6.04 Å². The molecule has 0 aromatic heterocycles. The van der Waals surface area contributed by atoms with Crippen molar-refractivity contribution in [1.82, 2.24) is 4.90 Å². The summed E-state index contributed by atoms with van der Waals surface area (Å²) in [6, 6.07) is 0.529. The van der Waals surface area contributed by atoms with Crippen molar-refractivity contribution in [3.8, 4) is 0 Å². The van der Waals surface area contributed by atoms with Crippen LogP contribution in [0.1, 0.15) is 33.6 Å². The lowest BCUT2D eigenvalue weighted by atomic mass is 9.83. The van der Waals surface area contributed by atoms with Crippen LogP contribution in [0.2, 0.25) is 0 Å². The Morgan fingerprint density at radius 3 is 2.33 bits per heavy atom. The quantitative estimate of drug-likeness (QED) is 0.649. The van der Waals surface area contributed by atoms with Crippen LogP contribution in [0.15, 0.2) is 0 Å². The first-order valence-electron chi connectivity index (χ1n) is 4.92. The summed E-state index contributed by atoms with van der Waals surface area (Å²) in [5, 5.41) is 9.69. The van der Waals surface area contributed by atoms with Gasteiger partial charge in [-0.05, 0) is 38.6 Å². The second kappa shape index (κ2) is 3.75. The average molecular weight is 171 g/mol. The van der Waals surface area contributed by atoms with Crippen molar-refractivity contribution in [3.05, 3.63) is 0 Å². The normalized spacial score (nSPS) is 39.0. The molecule has 12 heavy (non-hydrogen) atoms. The predicted molar refractivity (Wildman–Crippen MR) is 50.8 cm³/mol. The average Bonchev–Trinajstić information content (AvgIpc) is 1.99. The Labute approximate surface area is 75.6 Å². The zero-order valence-electron chi connectivity index (χ0n) is 8.62. The van der Waals surface area contributed by atoms with Gasteiger partial charge in [-0.2, -0.15) is 0 Å². The van der Waals surface area contributed by atoms with E-state index < -0.39 is 0 Å². The van der Waals surface area contributed by atoms with Gasteiger partial charge < -0.3 is 5.11 Å². The highest BCUT2D eigenvalue weighted by molar-refractivity contribution is 4.80. The molecule has 0 radical (unpaired) electrons. The van der Waals surface area contributed by atoms with Crippen LogP contribution in [-0.4, -0.2) is 29.3 Å². The minimum Gasteiger partial charge on any atom is -0.378 e. The molecule has 2 nitrogen and oxygen atoms in total. The van der Waals surface area contributed by atoms with E-state index in [-0.39, 0.29) is 6.23 Å². The van der Waals surface area contributed by atoms with Gasteiger partial charge in [0.05, 0.1) is 0 Å². The van der Waals surface area contributed by atoms with Gasteiger partial charge in [0.1, 0.15) is 6.23 Å². The van der Waals surface area contributed by atoms with E-state index in [1.54, 1.807) is 0 Å². The Balaban J connectivity index is 2.53. The maximum Gasteiger partial charge on any atom is 0.107 e. The molecule has 1 aliphatic heterocycles. The molecule has 1 fully saturated rings. The smallest absolute Gasteiger partial charge is 0.107 e. The minimum atomic E-state index is -0.221. The third kappa shape index (κ3) is 1.99. The van der Waals surface area contributed by atoms with Crippen LogP contribution in [-0.2, 0) is 0 Å². The topological polar surface area (TPSA) is 23.5 Å². The predicted octanol–water partition coefficient (Wildman–Crippen LogP) is 1.69. The molecule has 0 aromatic carbocycles. The Bertz CT molecular complexity index is 135. The van der Waals surface area contributed by atoms with Crippen molar-refractivity contribution in [2.24, 2.45) is 11.8 Å². The Hall–Kier alpha value is -0.0800. The summed E-state index contributed by atoms with van der Waals surface area (Å²) in [5.74, 6) is 1.40. The highest BCUT2D eigenvalue weighted by atomic mass is 16.3. The summed E-state index contributed by atoms with van der Waals surface area (Å²) in [6.45, 7) is 6.68. The Kier molecular flexibility index (Phi) is 3.13. The van der Waals surface area contributed by atoms with Gasteiger partial charge in [-0.15, -0.1) is 0 Å². The number of rotatable bonds is 1. The first-order chi connectivity index (χ1) is 5.52. The molecule has 1 rings (SSSR count). The summed E-state index contributed by atoms with van der Waals surface area (Å²) in [6.07, 6.45) is 1.95. The zero-order valence-corrected chi connectivity index (χ0v) is 8.62. The summed E-state index contributed by atoms with van der Waals surface area (Å²) < 4.78 is 0. The van der Waals surface area contributed by atoms with Gasteiger partial charge in [0.2, 0.25) is 0 Å². The molecule has 1 N–H and O–H groups in total. The number of hydrogen-bond donors (Lipinski definition) is 1. The van der Waals surface area contributed by atoms with E-state index in [2.05, 4.69) is 25.7 Å². The summed E-state index contributed by atoms with van der Waals surface area (Å²) in [7, 11) is 2.01. The van der Waals surface area contributed by atoms with Gasteiger partial charge >= 0.3 is 0 Å². The monoisotopic (exact) mass is 171 g/mol. The van der Waals surface area contributed by atoms with E-state index in [1.165, 1.54) is 6.42 Å². The molecule has 3 atom stereocenters. The number of aliphatic hydroxyl groups is 1. The number of hydrogen-bond acceptors (Lipinski definition) is 2. The fourth-order valence-electron chi connectivity index (χ4n) is 1.98. The van der Waals surface area contributed by atoms with Crippen molar-refractivity contribution in [2.75, 3.05) is 7.05 Å². The zero-order chi connectivity index (χ0) is 9.30. The fourth-order valence-corrected chi connectivity index (χ4v) is 1.98. The third-order valence-corrected chi connectivity index (χ3v) is 3.27. The van der Waals surface area contributed by atoms with Gasteiger partial charge in [0.15, 0.2) is 0 Å². The molecule has 1 saturated heterocycles. The van der Waals surface area contributed by atoms with E-state index in [4.69, 9.17) is 0 Å². The van der Waals surface area contributed by atoms with E-state index >= 15 is 0 Å². The van der Waals surface area contributed by atoms with Crippen LogP contribution < -0.4 is 0 Å². The standard InChI is InChI=1S/C10H21NO/c1-7(2)9-5-8(3)11(4)10(12)6-9/h7-10,12H,5-6H2,1-4H3/t8-,9+,10+/m0/s1. The maximum atomic E-state index is 9.69. The van der Waals surface area contributed by atoms with E-state index in [9.17, 15) is 5.11 Å². The van der Waals surface area contributed by atoms with Gasteiger partial charge in [-0.25, -0.2) is 0 Å². The molecule has 0 unspecified atom stereocenters. The molecule has 0 aliphatic carbocycles. The largest absolute Gasteiger partial charge is 0.378 e. The van der Waals surface area contributed by atoms with Crippen molar-refractivity contribution in [2.45, 2.75) is 45.9 Å². The van der Waals surface area contributed by atoms with Crippen LogP contribution in [0.25, 0.3) is 0 Å². The molecule has 0 aromatic rings. The first kappa shape index (κ1) is 10.0. The molecular weight excluding hydrogens is 150 g/mol. The van der Waals surface area contributed by atoms with Crippen LogP contribution >= 0.6 is 0 Å². The minimum absolute atomic E-state index is 0.221. The third-order valence-electron chi connectivity index (χ3n) is 3.27. The van der Waals surface area contributed by atoms with Crippen LogP contribution in [0.4, 0.5) is 0 Å². The lowest BCUT2D eigenvalue weighted by molar-refractivity contribution is -0.0612. The molecule has 72 valence electrons. The van der Waals surface area contributed by atoms with Crippen LogP contribution in [0.3, 0.4) is 0 Å². The van der Waals surface area contributed by atoms with E-state index in [0.717, 1.165) is 6.42 Å². The summed E-state index contributed by atoms with van der Waals surface area (Å²) in [4.78, 5) is 2.07. The second-order valence-electron chi connectivity index (χ2n) is 4.47. The van der Waals surface area contributed by atoms with Gasteiger partial charge in [0.25, 0.3) is 0 Å². The van der Waals surface area contributed by atoms with Crippen molar-refractivity contribution >= 4 is 0 Å². The van der Waals surface area contributed by atoms with Crippen molar-refractivity contribution in [3.63, 3.8) is 0 Å². The SMILES string of the molecule is CC(C)[C@H]1C[C@@H](O)N(C)[C@@H](C)C1. The van der Waals surface area contributed by atoms with Crippen molar-refractivity contribution in [1.29, 1.82) is 0 Å². The lowest BCUT2D eigenvalue weighted by Gasteiger charge is -2.40. The van der Waals surface area contributed by atoms with Crippen LogP contribution in [0, 0.1) is 11.8 Å². The number of aliphatic hydroxyl groups excluding tert-OH is 1. The number of piperidine rings is 1. The van der Waals surface area contributed by atoms with E-state index in [1.807, 2.05) is 7.05 Å². The van der Waals surface area contributed by atoms with Crippen molar-refractivity contribution < 1.29 is 5.11 Å². The fraction of sp³-hybridized carbons (Fsp3) is 1.00. The molecule has 1 heterocycles. The highest BCUT2D eigenvalue weighted by Crippen LogP contribution is 2.30. The second-order valence-corrected chi connectivity index (χ2v) is 4.47. The van der Waals surface area contributed by atoms with Gasteiger partial charge in [-0.1, -0.05) is 13.8 Å². The molecular formula is C10H21NO. The Morgan fingerprint density at radius 2 is 1.92 bits per heavy atom.